The average Bonchev–Trinajstić information content (AvgIpc) is 2.11. The topological polar surface area (TPSA) is 83.6 Å². The Bertz CT molecular complexity index is 258. The fraction of sp³-hybridized carbons (Fsp3) is 0.800. The van der Waals surface area contributed by atoms with Gasteiger partial charge in [-0.1, -0.05) is 20.8 Å². The molecule has 0 aliphatic rings. The number of carboxylic acids is 1. The first-order valence-electron chi connectivity index (χ1n) is 4.84. The van der Waals surface area contributed by atoms with Crippen LogP contribution in [0.25, 0.3) is 0 Å². The Labute approximate surface area is 90.2 Å². The van der Waals surface area contributed by atoms with Gasteiger partial charge < -0.3 is 15.7 Å². The first-order chi connectivity index (χ1) is 6.59. The van der Waals surface area contributed by atoms with Crippen molar-refractivity contribution in [3.8, 4) is 0 Å². The van der Waals surface area contributed by atoms with E-state index < -0.39 is 18.1 Å². The summed E-state index contributed by atoms with van der Waals surface area (Å²) >= 11 is 0. The second kappa shape index (κ2) is 4.61. The van der Waals surface area contributed by atoms with E-state index in [-0.39, 0.29) is 11.3 Å². The quantitative estimate of drug-likeness (QED) is 0.710. The summed E-state index contributed by atoms with van der Waals surface area (Å²) in [6.45, 7) is 6.98. The molecule has 5 nitrogen and oxygen atoms in total. The predicted molar refractivity (Wildman–Crippen MR) is 57.3 cm³/mol. The average molecular weight is 216 g/mol. The van der Waals surface area contributed by atoms with Crippen LogP contribution in [0.3, 0.4) is 0 Å². The summed E-state index contributed by atoms with van der Waals surface area (Å²) in [6, 6.07) is -1.55. The monoisotopic (exact) mass is 216 g/mol. The molecule has 0 spiro atoms. The zero-order valence-electron chi connectivity index (χ0n) is 9.94. The van der Waals surface area contributed by atoms with Crippen LogP contribution in [0, 0.1) is 5.41 Å². The molecule has 0 bridgehead atoms. The maximum Gasteiger partial charge on any atom is 0.326 e. The van der Waals surface area contributed by atoms with Crippen LogP contribution in [-0.2, 0) is 9.59 Å². The highest BCUT2D eigenvalue weighted by Crippen LogP contribution is 2.19. The molecule has 15 heavy (non-hydrogen) atoms. The van der Waals surface area contributed by atoms with Crippen LogP contribution in [0.4, 0.5) is 0 Å². The number of nitrogens with zero attached hydrogens (tertiary/aromatic N) is 1. The molecular formula is C10H20N2O3. The van der Waals surface area contributed by atoms with Gasteiger partial charge in [0.05, 0.1) is 6.04 Å². The maximum absolute atomic E-state index is 11.8. The van der Waals surface area contributed by atoms with Gasteiger partial charge in [0.1, 0.15) is 6.04 Å². The number of hydrogen-bond donors (Lipinski definition) is 2. The number of carboxylic acid groups (broad SMARTS) is 1. The molecule has 0 aromatic heterocycles. The Morgan fingerprint density at radius 1 is 1.33 bits per heavy atom. The molecule has 1 unspecified atom stereocenters. The Morgan fingerprint density at radius 2 is 1.73 bits per heavy atom. The van der Waals surface area contributed by atoms with Gasteiger partial charge in [-0.2, -0.15) is 0 Å². The van der Waals surface area contributed by atoms with Crippen molar-refractivity contribution < 1.29 is 14.7 Å². The van der Waals surface area contributed by atoms with Gasteiger partial charge in [-0.25, -0.2) is 4.79 Å². The molecule has 88 valence electrons. The first kappa shape index (κ1) is 13.9. The molecule has 0 aliphatic carbocycles. The molecule has 0 aliphatic heterocycles. The van der Waals surface area contributed by atoms with Gasteiger partial charge in [-0.05, 0) is 12.3 Å². The zero-order chi connectivity index (χ0) is 12.4. The lowest BCUT2D eigenvalue weighted by Gasteiger charge is -2.31. The number of rotatable bonds is 3. The van der Waals surface area contributed by atoms with Crippen LogP contribution < -0.4 is 5.73 Å². The second-order valence-corrected chi connectivity index (χ2v) is 4.81. The summed E-state index contributed by atoms with van der Waals surface area (Å²) < 4.78 is 0. The van der Waals surface area contributed by atoms with Gasteiger partial charge in [0, 0.05) is 7.05 Å². The van der Waals surface area contributed by atoms with E-state index in [4.69, 9.17) is 10.8 Å². The summed E-state index contributed by atoms with van der Waals surface area (Å²) in [5.74, 6) is -1.38. The van der Waals surface area contributed by atoms with E-state index in [1.807, 2.05) is 20.8 Å². The summed E-state index contributed by atoms with van der Waals surface area (Å²) in [5.41, 5.74) is 5.38. The van der Waals surface area contributed by atoms with Crippen molar-refractivity contribution >= 4 is 11.9 Å². The molecule has 0 saturated carbocycles. The van der Waals surface area contributed by atoms with Crippen LogP contribution in [0.5, 0.6) is 0 Å². The largest absolute Gasteiger partial charge is 0.480 e. The van der Waals surface area contributed by atoms with Crippen molar-refractivity contribution in [3.63, 3.8) is 0 Å². The van der Waals surface area contributed by atoms with Crippen LogP contribution >= 0.6 is 0 Å². The lowest BCUT2D eigenvalue weighted by atomic mass is 9.86. The Morgan fingerprint density at radius 3 is 2.00 bits per heavy atom. The third kappa shape index (κ3) is 3.51. The van der Waals surface area contributed by atoms with E-state index >= 15 is 0 Å². The molecule has 0 saturated heterocycles. The van der Waals surface area contributed by atoms with E-state index in [2.05, 4.69) is 0 Å². The molecule has 3 N–H and O–H groups in total. The normalized spacial score (nSPS) is 15.6. The highest BCUT2D eigenvalue weighted by atomic mass is 16.4. The number of carbonyl (C=O) groups excluding carboxylic acids is 1. The van der Waals surface area contributed by atoms with Crippen LogP contribution in [0.1, 0.15) is 27.7 Å². The Balaban J connectivity index is 4.66. The number of aliphatic carboxylic acids is 1. The molecule has 0 radical (unpaired) electrons. The SMILES string of the molecule is CC(C(=O)O)N(C)C(=O)[C@@H](N)C(C)(C)C. The van der Waals surface area contributed by atoms with Crippen molar-refractivity contribution in [2.24, 2.45) is 11.1 Å². The molecule has 2 atom stereocenters. The fourth-order valence-electron chi connectivity index (χ4n) is 0.946. The first-order valence-corrected chi connectivity index (χ1v) is 4.84. The van der Waals surface area contributed by atoms with Crippen molar-refractivity contribution in [2.45, 2.75) is 39.8 Å². The molecule has 0 aromatic carbocycles. The third-order valence-corrected chi connectivity index (χ3v) is 2.49. The summed E-state index contributed by atoms with van der Waals surface area (Å²) in [5, 5.41) is 8.75. The maximum atomic E-state index is 11.8. The van der Waals surface area contributed by atoms with Crippen molar-refractivity contribution in [2.75, 3.05) is 7.05 Å². The third-order valence-electron chi connectivity index (χ3n) is 2.49. The van der Waals surface area contributed by atoms with E-state index in [9.17, 15) is 9.59 Å². The fourth-order valence-corrected chi connectivity index (χ4v) is 0.946. The molecule has 1 amide bonds. The molecule has 0 aromatic rings. The molecule has 5 heteroatoms. The van der Waals surface area contributed by atoms with E-state index in [1.54, 1.807) is 0 Å². The van der Waals surface area contributed by atoms with Gasteiger partial charge in [-0.3, -0.25) is 4.79 Å². The number of hydrogen-bond acceptors (Lipinski definition) is 3. The lowest BCUT2D eigenvalue weighted by molar-refractivity contribution is -0.149. The minimum absolute atomic E-state index is 0.350. The number of likely N-dealkylation sites (N-methyl/N-ethyl adjacent to an activating group) is 1. The molecule has 0 fully saturated rings. The minimum Gasteiger partial charge on any atom is -0.480 e. The highest BCUT2D eigenvalue weighted by Gasteiger charge is 2.32. The lowest BCUT2D eigenvalue weighted by Crippen LogP contribution is -2.53. The highest BCUT2D eigenvalue weighted by molar-refractivity contribution is 5.86. The molecule has 0 rings (SSSR count). The number of amides is 1. The molecule has 0 heterocycles. The zero-order valence-corrected chi connectivity index (χ0v) is 9.94. The standard InChI is InChI=1S/C10H20N2O3/c1-6(9(14)15)12(5)8(13)7(11)10(2,3)4/h6-7H,11H2,1-5H3,(H,14,15)/t6?,7-/m1/s1. The smallest absolute Gasteiger partial charge is 0.326 e. The summed E-state index contributed by atoms with van der Waals surface area (Å²) in [7, 11) is 1.45. The van der Waals surface area contributed by atoms with Crippen LogP contribution in [0.15, 0.2) is 0 Å². The summed E-state index contributed by atoms with van der Waals surface area (Å²) in [6.07, 6.45) is 0. The van der Waals surface area contributed by atoms with Gasteiger partial charge in [0.2, 0.25) is 5.91 Å². The van der Waals surface area contributed by atoms with E-state index in [0.29, 0.717) is 0 Å². The predicted octanol–water partition coefficient (Wildman–Crippen LogP) is 0.291. The van der Waals surface area contributed by atoms with Gasteiger partial charge in [0.25, 0.3) is 0 Å². The van der Waals surface area contributed by atoms with Gasteiger partial charge in [-0.15, -0.1) is 0 Å². The number of nitrogens with two attached hydrogens (primary N) is 1. The van der Waals surface area contributed by atoms with Crippen molar-refractivity contribution in [1.29, 1.82) is 0 Å². The number of carbonyl (C=O) groups is 2. The minimum atomic E-state index is -1.04. The Hall–Kier alpha value is -1.10. The summed E-state index contributed by atoms with van der Waals surface area (Å²) in [4.78, 5) is 23.6. The van der Waals surface area contributed by atoms with Crippen molar-refractivity contribution in [1.82, 2.24) is 4.90 Å². The molecular weight excluding hydrogens is 196 g/mol. The van der Waals surface area contributed by atoms with Gasteiger partial charge >= 0.3 is 5.97 Å². The van der Waals surface area contributed by atoms with Gasteiger partial charge in [0.15, 0.2) is 0 Å². The van der Waals surface area contributed by atoms with E-state index in [0.717, 1.165) is 4.90 Å². The van der Waals surface area contributed by atoms with E-state index in [1.165, 1.54) is 14.0 Å². The van der Waals surface area contributed by atoms with Crippen LogP contribution in [0.2, 0.25) is 0 Å². The second-order valence-electron chi connectivity index (χ2n) is 4.81. The Kier molecular flexibility index (Phi) is 4.27. The van der Waals surface area contributed by atoms with Crippen molar-refractivity contribution in [3.05, 3.63) is 0 Å². The van der Waals surface area contributed by atoms with Crippen LogP contribution in [-0.4, -0.2) is 41.0 Å².